The van der Waals surface area contributed by atoms with Crippen LogP contribution in [0.5, 0.6) is 0 Å². The lowest BCUT2D eigenvalue weighted by Crippen LogP contribution is -2.16. The lowest BCUT2D eigenvalue weighted by molar-refractivity contribution is -0.113. The molecule has 2 aromatic heterocycles. The first-order valence-electron chi connectivity index (χ1n) is 11.4. The van der Waals surface area contributed by atoms with Crippen LogP contribution < -0.4 is 10.2 Å². The molecule has 0 fully saturated rings. The van der Waals surface area contributed by atoms with E-state index in [1.54, 1.807) is 12.1 Å². The summed E-state index contributed by atoms with van der Waals surface area (Å²) in [6.07, 6.45) is 0. The van der Waals surface area contributed by atoms with Crippen LogP contribution in [-0.2, 0) is 16.1 Å². The average Bonchev–Trinajstić information content (AvgIpc) is 3.51. The summed E-state index contributed by atoms with van der Waals surface area (Å²) in [5.41, 5.74) is 3.80. The fourth-order valence-electron chi connectivity index (χ4n) is 3.71. The van der Waals surface area contributed by atoms with Gasteiger partial charge in [-0.05, 0) is 36.8 Å². The number of methoxy groups -OCH3 is 1. The van der Waals surface area contributed by atoms with E-state index in [1.165, 1.54) is 30.2 Å². The van der Waals surface area contributed by atoms with Crippen LogP contribution in [0, 0.1) is 0 Å². The zero-order valence-electron chi connectivity index (χ0n) is 20.8. The van der Waals surface area contributed by atoms with Crippen molar-refractivity contribution >= 4 is 57.3 Å². The fourth-order valence-corrected chi connectivity index (χ4v) is 5.61. The Labute approximate surface area is 228 Å². The van der Waals surface area contributed by atoms with Crippen LogP contribution in [-0.4, -0.2) is 53.6 Å². The topological polar surface area (TPSA) is 89.3 Å². The van der Waals surface area contributed by atoms with Crippen molar-refractivity contribution in [2.45, 2.75) is 18.6 Å². The second-order valence-corrected chi connectivity index (χ2v) is 10.4. The van der Waals surface area contributed by atoms with E-state index in [4.69, 9.17) is 16.3 Å². The van der Waals surface area contributed by atoms with Crippen LogP contribution >= 0.6 is 34.7 Å². The molecule has 0 saturated heterocycles. The quantitative estimate of drug-likeness (QED) is 0.202. The molecule has 0 aliphatic rings. The highest BCUT2D eigenvalue weighted by atomic mass is 35.5. The molecule has 2 heterocycles. The molecule has 0 aliphatic heterocycles. The normalized spacial score (nSPS) is 10.8. The summed E-state index contributed by atoms with van der Waals surface area (Å²) in [5, 5.41) is 15.1. The summed E-state index contributed by atoms with van der Waals surface area (Å²) in [4.78, 5) is 27.5. The number of anilines is 2. The minimum Gasteiger partial charge on any atom is -0.465 e. The highest BCUT2D eigenvalue weighted by Crippen LogP contribution is 2.37. The lowest BCUT2D eigenvalue weighted by atomic mass is 10.0. The smallest absolute Gasteiger partial charge is 0.341 e. The van der Waals surface area contributed by atoms with Gasteiger partial charge in [0, 0.05) is 47.9 Å². The van der Waals surface area contributed by atoms with E-state index in [0.717, 1.165) is 22.6 Å². The van der Waals surface area contributed by atoms with Gasteiger partial charge < -0.3 is 19.5 Å². The molecule has 4 aromatic rings. The Kier molecular flexibility index (Phi) is 8.52. The third-order valence-electron chi connectivity index (χ3n) is 5.57. The Morgan fingerprint density at radius 2 is 1.89 bits per heavy atom. The number of carbonyl (C=O) groups excluding carboxylic acids is 2. The van der Waals surface area contributed by atoms with Crippen LogP contribution in [0.4, 0.5) is 10.7 Å². The first-order chi connectivity index (χ1) is 17.8. The van der Waals surface area contributed by atoms with Crippen molar-refractivity contribution in [3.8, 4) is 22.5 Å². The second kappa shape index (κ2) is 11.8. The van der Waals surface area contributed by atoms with E-state index in [1.807, 2.05) is 66.2 Å². The molecule has 4 rings (SSSR count). The first kappa shape index (κ1) is 26.7. The summed E-state index contributed by atoms with van der Waals surface area (Å²) in [6, 6.07) is 15.2. The first-order valence-corrected chi connectivity index (χ1v) is 13.7. The molecule has 2 aromatic carbocycles. The SMILES string of the molecule is CCn1c(SCC(=O)Nc2scc(-c3ccc(Cl)cc3)c2C(=O)OC)nnc1-c1cccc(N(C)C)c1. The van der Waals surface area contributed by atoms with Crippen molar-refractivity contribution in [1.82, 2.24) is 14.8 Å². The van der Waals surface area contributed by atoms with Gasteiger partial charge in [-0.3, -0.25) is 4.79 Å². The van der Waals surface area contributed by atoms with Crippen molar-refractivity contribution in [2.75, 3.05) is 37.2 Å². The number of carbonyl (C=O) groups is 2. The Balaban J connectivity index is 1.50. The number of ether oxygens (including phenoxy) is 1. The molecule has 1 N–H and O–H groups in total. The number of nitrogens with zero attached hydrogens (tertiary/aromatic N) is 4. The molecule has 0 radical (unpaired) electrons. The molecular weight excluding hydrogens is 530 g/mol. The van der Waals surface area contributed by atoms with E-state index in [2.05, 4.69) is 21.6 Å². The number of rotatable bonds is 9. The highest BCUT2D eigenvalue weighted by molar-refractivity contribution is 7.99. The van der Waals surface area contributed by atoms with Gasteiger partial charge >= 0.3 is 5.97 Å². The van der Waals surface area contributed by atoms with Gasteiger partial charge in [-0.25, -0.2) is 4.79 Å². The van der Waals surface area contributed by atoms with Gasteiger partial charge in [0.1, 0.15) is 10.6 Å². The number of thioether (sulfide) groups is 1. The van der Waals surface area contributed by atoms with Gasteiger partial charge in [0.15, 0.2) is 11.0 Å². The standard InChI is InChI=1S/C26H26ClN5O3S2/c1-5-32-23(17-7-6-8-19(13-17)31(2)3)29-30-26(32)37-15-21(33)28-24-22(25(34)35-4)20(14-36-24)16-9-11-18(27)12-10-16/h6-14H,5,15H2,1-4H3,(H,28,33). The van der Waals surface area contributed by atoms with E-state index in [-0.39, 0.29) is 11.7 Å². The molecule has 37 heavy (non-hydrogen) atoms. The monoisotopic (exact) mass is 555 g/mol. The maximum atomic E-state index is 12.9. The molecule has 8 nitrogen and oxygen atoms in total. The molecule has 0 atom stereocenters. The van der Waals surface area contributed by atoms with Crippen molar-refractivity contribution in [2.24, 2.45) is 0 Å². The molecule has 0 spiro atoms. The Morgan fingerprint density at radius 1 is 1.14 bits per heavy atom. The minimum absolute atomic E-state index is 0.102. The second-order valence-electron chi connectivity index (χ2n) is 8.18. The molecule has 0 saturated carbocycles. The predicted molar refractivity (Wildman–Crippen MR) is 151 cm³/mol. The summed E-state index contributed by atoms with van der Waals surface area (Å²) in [7, 11) is 5.29. The summed E-state index contributed by atoms with van der Waals surface area (Å²) in [6.45, 7) is 2.67. The van der Waals surface area contributed by atoms with Crippen molar-refractivity contribution in [3.05, 3.63) is 64.5 Å². The number of halogens is 1. The Hall–Kier alpha value is -3.34. The number of esters is 1. The van der Waals surface area contributed by atoms with Crippen molar-refractivity contribution in [1.29, 1.82) is 0 Å². The number of hydrogen-bond acceptors (Lipinski definition) is 8. The van der Waals surface area contributed by atoms with Gasteiger partial charge in [0.25, 0.3) is 0 Å². The van der Waals surface area contributed by atoms with E-state index >= 15 is 0 Å². The molecule has 11 heteroatoms. The van der Waals surface area contributed by atoms with E-state index < -0.39 is 5.97 Å². The van der Waals surface area contributed by atoms with Crippen LogP contribution in [0.1, 0.15) is 17.3 Å². The molecular formula is C26H26ClN5O3S2. The minimum atomic E-state index is -0.524. The van der Waals surface area contributed by atoms with Crippen molar-refractivity contribution in [3.63, 3.8) is 0 Å². The van der Waals surface area contributed by atoms with Crippen LogP contribution in [0.25, 0.3) is 22.5 Å². The number of amides is 1. The highest BCUT2D eigenvalue weighted by Gasteiger charge is 2.23. The van der Waals surface area contributed by atoms with E-state index in [9.17, 15) is 9.59 Å². The third-order valence-corrected chi connectivity index (χ3v) is 7.69. The molecule has 0 unspecified atom stereocenters. The zero-order valence-corrected chi connectivity index (χ0v) is 23.2. The summed E-state index contributed by atoms with van der Waals surface area (Å²) in [5.74, 6) is 0.0592. The molecule has 0 aliphatic carbocycles. The van der Waals surface area contributed by atoms with Crippen LogP contribution in [0.2, 0.25) is 5.02 Å². The third kappa shape index (κ3) is 5.98. The van der Waals surface area contributed by atoms with Crippen molar-refractivity contribution < 1.29 is 14.3 Å². The van der Waals surface area contributed by atoms with Gasteiger partial charge in [0.2, 0.25) is 5.91 Å². The fraction of sp³-hybridized carbons (Fsp3) is 0.231. The van der Waals surface area contributed by atoms with Gasteiger partial charge in [0.05, 0.1) is 12.9 Å². The van der Waals surface area contributed by atoms with E-state index in [0.29, 0.717) is 32.9 Å². The average molecular weight is 556 g/mol. The van der Waals surface area contributed by atoms with Gasteiger partial charge in [-0.15, -0.1) is 21.5 Å². The lowest BCUT2D eigenvalue weighted by Gasteiger charge is -2.14. The van der Waals surface area contributed by atoms with Gasteiger partial charge in [-0.2, -0.15) is 0 Å². The molecule has 0 bridgehead atoms. The Bertz CT molecular complexity index is 1420. The summed E-state index contributed by atoms with van der Waals surface area (Å²) >= 11 is 8.56. The van der Waals surface area contributed by atoms with Gasteiger partial charge in [-0.1, -0.05) is 47.6 Å². The maximum Gasteiger partial charge on any atom is 0.341 e. The summed E-state index contributed by atoms with van der Waals surface area (Å²) < 4.78 is 6.97. The molecule has 1 amide bonds. The predicted octanol–water partition coefficient (Wildman–Crippen LogP) is 5.93. The zero-order chi connectivity index (χ0) is 26.5. The maximum absolute atomic E-state index is 12.9. The largest absolute Gasteiger partial charge is 0.465 e. The number of thiophene rings is 1. The number of benzene rings is 2. The number of nitrogens with one attached hydrogen (secondary N) is 1. The van der Waals surface area contributed by atoms with Crippen LogP contribution in [0.15, 0.2) is 59.1 Å². The number of hydrogen-bond donors (Lipinski definition) is 1. The van der Waals surface area contributed by atoms with Crippen LogP contribution in [0.3, 0.4) is 0 Å². The number of aromatic nitrogens is 3. The molecule has 192 valence electrons. The Morgan fingerprint density at radius 3 is 2.57 bits per heavy atom.